The van der Waals surface area contributed by atoms with E-state index in [0.29, 0.717) is 6.04 Å². The molecule has 0 aliphatic heterocycles. The monoisotopic (exact) mass is 220 g/mol. The van der Waals surface area contributed by atoms with Gasteiger partial charge in [-0.05, 0) is 31.0 Å². The Hall–Kier alpha value is -1.09. The van der Waals surface area contributed by atoms with Crippen LogP contribution in [0.25, 0.3) is 0 Å². The predicted octanol–water partition coefficient (Wildman–Crippen LogP) is 2.54. The summed E-state index contributed by atoms with van der Waals surface area (Å²) in [5, 5.41) is 3.37. The number of nitrogens with zero attached hydrogens (tertiary/aromatic N) is 1. The second-order valence-corrected chi connectivity index (χ2v) is 4.53. The summed E-state index contributed by atoms with van der Waals surface area (Å²) in [7, 11) is 3.70. The first-order chi connectivity index (χ1) is 7.83. The molecule has 1 N–H and O–H groups in total. The quantitative estimate of drug-likeness (QED) is 0.828. The molecule has 1 fully saturated rings. The average molecular weight is 220 g/mol. The van der Waals surface area contributed by atoms with Gasteiger partial charge in [0.25, 0.3) is 0 Å². The van der Waals surface area contributed by atoms with Gasteiger partial charge in [0.1, 0.15) is 5.75 Å². The highest BCUT2D eigenvalue weighted by atomic mass is 16.5. The van der Waals surface area contributed by atoms with E-state index in [9.17, 15) is 0 Å². The summed E-state index contributed by atoms with van der Waals surface area (Å²) < 4.78 is 5.20. The summed E-state index contributed by atoms with van der Waals surface area (Å²) in [6.07, 6.45) is 9.07. The number of pyridine rings is 1. The molecule has 1 unspecified atom stereocenters. The largest absolute Gasteiger partial charge is 0.495 e. The molecular formula is C13H20N2O. The van der Waals surface area contributed by atoms with Gasteiger partial charge in [-0.3, -0.25) is 4.98 Å². The SMILES string of the molecule is CNC(CC1CCC1)c1cncc(OC)c1. The second kappa shape index (κ2) is 5.30. The Balaban J connectivity index is 2.05. The third kappa shape index (κ3) is 2.53. The van der Waals surface area contributed by atoms with Crippen molar-refractivity contribution in [3.63, 3.8) is 0 Å². The molecule has 0 spiro atoms. The molecule has 0 aromatic carbocycles. The van der Waals surface area contributed by atoms with E-state index in [1.165, 1.54) is 31.2 Å². The van der Waals surface area contributed by atoms with Crippen LogP contribution in [0.5, 0.6) is 5.75 Å². The fourth-order valence-electron chi connectivity index (χ4n) is 2.22. The van der Waals surface area contributed by atoms with Gasteiger partial charge < -0.3 is 10.1 Å². The lowest BCUT2D eigenvalue weighted by molar-refractivity contribution is 0.265. The lowest BCUT2D eigenvalue weighted by Crippen LogP contribution is -2.23. The van der Waals surface area contributed by atoms with Crippen LogP contribution in [0.3, 0.4) is 0 Å². The van der Waals surface area contributed by atoms with E-state index >= 15 is 0 Å². The van der Waals surface area contributed by atoms with Gasteiger partial charge in [0, 0.05) is 12.2 Å². The number of methoxy groups -OCH3 is 1. The molecule has 3 nitrogen and oxygen atoms in total. The van der Waals surface area contributed by atoms with Crippen molar-refractivity contribution in [3.05, 3.63) is 24.0 Å². The highest BCUT2D eigenvalue weighted by Crippen LogP contribution is 2.34. The van der Waals surface area contributed by atoms with Crippen LogP contribution >= 0.6 is 0 Å². The Kier molecular flexibility index (Phi) is 3.78. The standard InChI is InChI=1S/C13H20N2O/c1-14-13(6-10-4-3-5-10)11-7-12(16-2)9-15-8-11/h7-10,13-14H,3-6H2,1-2H3. The highest BCUT2D eigenvalue weighted by Gasteiger charge is 2.22. The maximum atomic E-state index is 5.20. The van der Waals surface area contributed by atoms with Crippen LogP contribution in [0.15, 0.2) is 18.5 Å². The van der Waals surface area contributed by atoms with Crippen LogP contribution in [0.1, 0.15) is 37.3 Å². The van der Waals surface area contributed by atoms with Gasteiger partial charge in [0.2, 0.25) is 0 Å². The molecule has 0 saturated heterocycles. The number of rotatable bonds is 5. The summed E-state index contributed by atoms with van der Waals surface area (Å²) in [4.78, 5) is 4.21. The van der Waals surface area contributed by atoms with Gasteiger partial charge in [-0.2, -0.15) is 0 Å². The van der Waals surface area contributed by atoms with Crippen molar-refractivity contribution in [1.82, 2.24) is 10.3 Å². The number of hydrogen-bond acceptors (Lipinski definition) is 3. The first kappa shape index (κ1) is 11.4. The summed E-state index contributed by atoms with van der Waals surface area (Å²) >= 11 is 0. The zero-order chi connectivity index (χ0) is 11.4. The lowest BCUT2D eigenvalue weighted by Gasteiger charge is -2.29. The fourth-order valence-corrected chi connectivity index (χ4v) is 2.22. The van der Waals surface area contributed by atoms with E-state index in [1.54, 1.807) is 13.3 Å². The minimum Gasteiger partial charge on any atom is -0.495 e. The maximum Gasteiger partial charge on any atom is 0.137 e. The first-order valence-electron chi connectivity index (χ1n) is 5.99. The summed E-state index contributed by atoms with van der Waals surface area (Å²) in [5.41, 5.74) is 1.23. The maximum absolute atomic E-state index is 5.20. The normalized spacial score (nSPS) is 17.9. The van der Waals surface area contributed by atoms with Crippen molar-refractivity contribution in [2.24, 2.45) is 5.92 Å². The number of aromatic nitrogens is 1. The molecule has 0 amide bonds. The molecule has 1 heterocycles. The van der Waals surface area contributed by atoms with Crippen molar-refractivity contribution in [1.29, 1.82) is 0 Å². The Labute approximate surface area is 97.2 Å². The summed E-state index contributed by atoms with van der Waals surface area (Å²) in [6, 6.07) is 2.49. The molecule has 1 atom stereocenters. The molecule has 1 saturated carbocycles. The van der Waals surface area contributed by atoms with E-state index in [0.717, 1.165) is 11.7 Å². The van der Waals surface area contributed by atoms with Crippen molar-refractivity contribution in [2.45, 2.75) is 31.7 Å². The smallest absolute Gasteiger partial charge is 0.137 e. The van der Waals surface area contributed by atoms with E-state index in [4.69, 9.17) is 4.74 Å². The van der Waals surface area contributed by atoms with Gasteiger partial charge in [-0.15, -0.1) is 0 Å². The molecule has 16 heavy (non-hydrogen) atoms. The third-order valence-electron chi connectivity index (χ3n) is 3.51. The predicted molar refractivity (Wildman–Crippen MR) is 64.5 cm³/mol. The van der Waals surface area contributed by atoms with Crippen molar-refractivity contribution in [2.75, 3.05) is 14.2 Å². The van der Waals surface area contributed by atoms with E-state index in [2.05, 4.69) is 16.4 Å². The molecule has 3 heteroatoms. The van der Waals surface area contributed by atoms with E-state index < -0.39 is 0 Å². The number of nitrogens with one attached hydrogen (secondary N) is 1. The lowest BCUT2D eigenvalue weighted by atomic mass is 9.80. The van der Waals surface area contributed by atoms with Crippen LogP contribution in [-0.2, 0) is 0 Å². The van der Waals surface area contributed by atoms with E-state index in [1.807, 2.05) is 13.2 Å². The van der Waals surface area contributed by atoms with Gasteiger partial charge >= 0.3 is 0 Å². The Morgan fingerprint density at radius 2 is 2.31 bits per heavy atom. The summed E-state index contributed by atoms with van der Waals surface area (Å²) in [6.45, 7) is 0. The van der Waals surface area contributed by atoms with Crippen molar-refractivity contribution < 1.29 is 4.74 Å². The fraction of sp³-hybridized carbons (Fsp3) is 0.615. The van der Waals surface area contributed by atoms with Crippen LogP contribution in [-0.4, -0.2) is 19.1 Å². The molecule has 88 valence electrons. The van der Waals surface area contributed by atoms with Crippen LogP contribution < -0.4 is 10.1 Å². The molecule has 2 rings (SSSR count). The van der Waals surface area contributed by atoms with E-state index in [-0.39, 0.29) is 0 Å². The Morgan fingerprint density at radius 1 is 1.50 bits per heavy atom. The Morgan fingerprint density at radius 3 is 2.88 bits per heavy atom. The van der Waals surface area contributed by atoms with Crippen molar-refractivity contribution in [3.8, 4) is 5.75 Å². The Bertz CT molecular complexity index is 336. The zero-order valence-electron chi connectivity index (χ0n) is 10.1. The minimum atomic E-state index is 0.410. The topological polar surface area (TPSA) is 34.2 Å². The number of ether oxygens (including phenoxy) is 1. The van der Waals surface area contributed by atoms with Crippen LogP contribution in [0, 0.1) is 5.92 Å². The molecule has 1 aromatic rings. The second-order valence-electron chi connectivity index (χ2n) is 4.53. The minimum absolute atomic E-state index is 0.410. The zero-order valence-corrected chi connectivity index (χ0v) is 10.1. The van der Waals surface area contributed by atoms with Gasteiger partial charge in [-0.1, -0.05) is 19.3 Å². The van der Waals surface area contributed by atoms with Crippen LogP contribution in [0.2, 0.25) is 0 Å². The van der Waals surface area contributed by atoms with Gasteiger partial charge in [0.15, 0.2) is 0 Å². The highest BCUT2D eigenvalue weighted by molar-refractivity contribution is 5.26. The molecule has 1 aliphatic carbocycles. The molecular weight excluding hydrogens is 200 g/mol. The van der Waals surface area contributed by atoms with Gasteiger partial charge in [0.05, 0.1) is 13.3 Å². The average Bonchev–Trinajstić information content (AvgIpc) is 2.28. The van der Waals surface area contributed by atoms with Gasteiger partial charge in [-0.25, -0.2) is 0 Å². The van der Waals surface area contributed by atoms with Crippen molar-refractivity contribution >= 4 is 0 Å². The molecule has 0 bridgehead atoms. The molecule has 0 radical (unpaired) electrons. The third-order valence-corrected chi connectivity index (χ3v) is 3.51. The molecule has 1 aromatic heterocycles. The number of hydrogen-bond donors (Lipinski definition) is 1. The first-order valence-corrected chi connectivity index (χ1v) is 5.99. The molecule has 1 aliphatic rings. The summed E-state index contributed by atoms with van der Waals surface area (Å²) in [5.74, 6) is 1.73. The van der Waals surface area contributed by atoms with Crippen LogP contribution in [0.4, 0.5) is 0 Å².